The van der Waals surface area contributed by atoms with Gasteiger partial charge >= 0.3 is 6.09 Å². The highest BCUT2D eigenvalue weighted by Crippen LogP contribution is 2.30. The molecule has 0 atom stereocenters. The fourth-order valence-corrected chi connectivity index (χ4v) is 4.92. The molecule has 1 saturated heterocycles. The van der Waals surface area contributed by atoms with E-state index in [1.165, 1.54) is 0 Å². The maximum atomic E-state index is 13.7. The zero-order valence-electron chi connectivity index (χ0n) is 22.8. The van der Waals surface area contributed by atoms with Gasteiger partial charge in [-0.1, -0.05) is 0 Å². The van der Waals surface area contributed by atoms with Crippen LogP contribution >= 0.6 is 0 Å². The highest BCUT2D eigenvalue weighted by atomic mass is 19.2. The average Bonchev–Trinajstić information content (AvgIpc) is 2.91. The monoisotopic (exact) mass is 557 g/mol. The van der Waals surface area contributed by atoms with Gasteiger partial charge in [0.2, 0.25) is 0 Å². The van der Waals surface area contributed by atoms with Crippen LogP contribution in [0.1, 0.15) is 45.0 Å². The van der Waals surface area contributed by atoms with Crippen LogP contribution in [-0.2, 0) is 17.7 Å². The number of carbonyl (C=O) groups excluding carboxylic acids is 1. The molecule has 2 aliphatic rings. The van der Waals surface area contributed by atoms with Gasteiger partial charge in [-0.25, -0.2) is 18.6 Å². The first-order valence-electron chi connectivity index (χ1n) is 13.4. The Morgan fingerprint density at radius 1 is 1.12 bits per heavy atom. The Kier molecular flexibility index (Phi) is 7.88. The lowest BCUT2D eigenvalue weighted by atomic mass is 10.0. The molecule has 0 saturated carbocycles. The van der Waals surface area contributed by atoms with Crippen LogP contribution in [-0.4, -0.2) is 75.3 Å². The number of aromatic nitrogens is 3. The van der Waals surface area contributed by atoms with Crippen molar-refractivity contribution < 1.29 is 27.8 Å². The number of nitrogens with zero attached hydrogens (tertiary/aromatic N) is 4. The number of likely N-dealkylation sites (tertiary alicyclic amines) is 1. The van der Waals surface area contributed by atoms with Crippen molar-refractivity contribution in [2.45, 2.75) is 58.2 Å². The van der Waals surface area contributed by atoms with Crippen LogP contribution in [0.5, 0.6) is 11.5 Å². The van der Waals surface area contributed by atoms with Crippen molar-refractivity contribution in [2.75, 3.05) is 32.8 Å². The fourth-order valence-electron chi connectivity index (χ4n) is 4.92. The molecule has 1 amide bonds. The molecule has 12 heteroatoms. The third-order valence-electron chi connectivity index (χ3n) is 6.91. The lowest BCUT2D eigenvalue weighted by Crippen LogP contribution is -2.49. The second-order valence-corrected chi connectivity index (χ2v) is 11.0. The summed E-state index contributed by atoms with van der Waals surface area (Å²) >= 11 is 0. The fraction of sp³-hybridized carbons (Fsp3) is 0.500. The summed E-state index contributed by atoms with van der Waals surface area (Å²) in [7, 11) is 0. The van der Waals surface area contributed by atoms with Crippen molar-refractivity contribution in [3.63, 3.8) is 0 Å². The quantitative estimate of drug-likeness (QED) is 0.487. The van der Waals surface area contributed by atoms with E-state index >= 15 is 0 Å². The number of fused-ring (bicyclic) bond motifs is 2. The van der Waals surface area contributed by atoms with Crippen LogP contribution in [0.15, 0.2) is 29.2 Å². The summed E-state index contributed by atoms with van der Waals surface area (Å²) in [6.07, 6.45) is 2.98. The minimum Gasteiger partial charge on any atom is -0.486 e. The largest absolute Gasteiger partial charge is 0.486 e. The summed E-state index contributed by atoms with van der Waals surface area (Å²) in [5.41, 5.74) is 0.231. The highest BCUT2D eigenvalue weighted by Gasteiger charge is 2.32. The van der Waals surface area contributed by atoms with E-state index in [4.69, 9.17) is 14.2 Å². The maximum Gasteiger partial charge on any atom is 0.410 e. The van der Waals surface area contributed by atoms with Gasteiger partial charge in [0.05, 0.1) is 29.5 Å². The number of halogens is 2. The smallest absolute Gasteiger partial charge is 0.410 e. The minimum atomic E-state index is -1.04. The van der Waals surface area contributed by atoms with Gasteiger partial charge in [0.15, 0.2) is 23.1 Å². The van der Waals surface area contributed by atoms with Crippen LogP contribution in [0.4, 0.5) is 13.6 Å². The molecule has 1 fully saturated rings. The molecule has 0 unspecified atom stereocenters. The molecule has 1 aromatic carbocycles. The summed E-state index contributed by atoms with van der Waals surface area (Å²) in [6, 6.07) is 3.65. The molecular weight excluding hydrogens is 524 g/mol. The lowest BCUT2D eigenvalue weighted by Gasteiger charge is -2.39. The summed E-state index contributed by atoms with van der Waals surface area (Å²) in [4.78, 5) is 41.0. The van der Waals surface area contributed by atoms with Crippen LogP contribution in [0.25, 0.3) is 11.0 Å². The van der Waals surface area contributed by atoms with E-state index in [9.17, 15) is 18.4 Å². The van der Waals surface area contributed by atoms with Gasteiger partial charge < -0.3 is 24.1 Å². The standard InChI is InChI=1S/C28H33F2N5O5/c1-28(2,3)40-27(37)35(16-17-12-24-25(15-31-17)39-11-10-38-24)18-4-7-34(8-5-18)9-6-21-26(36)33-23-14-20(30)19(29)13-22(23)32-21/h12-15,18H,4-11,16H2,1-3H3,(H,33,36). The zero-order valence-corrected chi connectivity index (χ0v) is 22.8. The molecule has 4 heterocycles. The summed E-state index contributed by atoms with van der Waals surface area (Å²) in [5.74, 6) is -0.851. The Balaban J connectivity index is 1.24. The topological polar surface area (TPSA) is 110 Å². The number of amides is 1. The molecule has 2 aromatic heterocycles. The average molecular weight is 558 g/mol. The van der Waals surface area contributed by atoms with Crippen LogP contribution < -0.4 is 15.0 Å². The van der Waals surface area contributed by atoms with Crippen LogP contribution in [0, 0.1) is 11.6 Å². The number of H-pyrrole nitrogens is 1. The molecule has 0 aliphatic carbocycles. The number of carbonyl (C=O) groups is 1. The van der Waals surface area contributed by atoms with E-state index in [0.717, 1.165) is 12.1 Å². The Bertz CT molecular complexity index is 1450. The van der Waals surface area contributed by atoms with Gasteiger partial charge in [-0.2, -0.15) is 0 Å². The highest BCUT2D eigenvalue weighted by molar-refractivity contribution is 5.74. The third-order valence-corrected chi connectivity index (χ3v) is 6.91. The van der Waals surface area contributed by atoms with E-state index < -0.39 is 28.9 Å². The van der Waals surface area contributed by atoms with E-state index in [0.29, 0.717) is 69.3 Å². The second-order valence-electron chi connectivity index (χ2n) is 11.0. The Labute approximate surface area is 230 Å². The Morgan fingerprint density at radius 2 is 1.82 bits per heavy atom. The molecule has 40 heavy (non-hydrogen) atoms. The number of rotatable bonds is 6. The maximum absolute atomic E-state index is 13.7. The second kappa shape index (κ2) is 11.4. The van der Waals surface area contributed by atoms with Gasteiger partial charge in [0.1, 0.15) is 24.5 Å². The van der Waals surface area contributed by atoms with Crippen LogP contribution in [0.2, 0.25) is 0 Å². The summed E-state index contributed by atoms with van der Waals surface area (Å²) in [6.45, 7) is 8.66. The number of benzene rings is 1. The van der Waals surface area contributed by atoms with Gasteiger partial charge in [-0.15, -0.1) is 0 Å². The van der Waals surface area contributed by atoms with Crippen molar-refractivity contribution in [3.8, 4) is 11.5 Å². The van der Waals surface area contributed by atoms with Gasteiger partial charge in [-0.05, 0) is 33.6 Å². The van der Waals surface area contributed by atoms with Gasteiger partial charge in [-0.3, -0.25) is 14.7 Å². The molecule has 10 nitrogen and oxygen atoms in total. The van der Waals surface area contributed by atoms with Crippen molar-refractivity contribution in [3.05, 3.63) is 57.8 Å². The molecular formula is C28H33F2N5O5. The van der Waals surface area contributed by atoms with Crippen molar-refractivity contribution in [2.24, 2.45) is 0 Å². The molecule has 0 bridgehead atoms. The first kappa shape index (κ1) is 27.8. The van der Waals surface area contributed by atoms with Gasteiger partial charge in [0.25, 0.3) is 5.56 Å². The predicted molar refractivity (Wildman–Crippen MR) is 142 cm³/mol. The first-order valence-corrected chi connectivity index (χ1v) is 13.4. The molecule has 0 radical (unpaired) electrons. The molecule has 0 spiro atoms. The lowest BCUT2D eigenvalue weighted by molar-refractivity contribution is 0.00547. The normalized spacial score (nSPS) is 16.2. The predicted octanol–water partition coefficient (Wildman–Crippen LogP) is 3.81. The van der Waals surface area contributed by atoms with E-state index in [1.807, 2.05) is 20.8 Å². The molecule has 1 N–H and O–H groups in total. The number of piperidine rings is 1. The minimum absolute atomic E-state index is 0.0684. The molecule has 5 rings (SSSR count). The summed E-state index contributed by atoms with van der Waals surface area (Å²) in [5, 5.41) is 0. The van der Waals surface area contributed by atoms with Gasteiger partial charge in [0, 0.05) is 50.3 Å². The van der Waals surface area contributed by atoms with E-state index in [-0.39, 0.29) is 29.3 Å². The van der Waals surface area contributed by atoms with E-state index in [2.05, 4.69) is 19.9 Å². The number of ether oxygens (including phenoxy) is 3. The van der Waals surface area contributed by atoms with Crippen molar-refractivity contribution in [1.29, 1.82) is 0 Å². The Morgan fingerprint density at radius 3 is 2.55 bits per heavy atom. The van der Waals surface area contributed by atoms with Crippen molar-refractivity contribution >= 4 is 17.1 Å². The van der Waals surface area contributed by atoms with E-state index in [1.54, 1.807) is 17.2 Å². The molecule has 2 aliphatic heterocycles. The SMILES string of the molecule is CC(C)(C)OC(=O)N(Cc1cc2c(cn1)OCCO2)C1CCN(CCc2nc3cc(F)c(F)cc3[nH]c2=O)CC1. The van der Waals surface area contributed by atoms with Crippen molar-refractivity contribution in [1.82, 2.24) is 24.8 Å². The number of nitrogens with one attached hydrogen (secondary N) is 1. The summed E-state index contributed by atoms with van der Waals surface area (Å²) < 4.78 is 44.1. The number of hydrogen-bond donors (Lipinski definition) is 1. The number of hydrogen-bond acceptors (Lipinski definition) is 8. The zero-order chi connectivity index (χ0) is 28.4. The number of aromatic amines is 1. The first-order chi connectivity index (χ1) is 19.1. The third kappa shape index (κ3) is 6.49. The van der Waals surface area contributed by atoms with Crippen LogP contribution in [0.3, 0.4) is 0 Å². The molecule has 3 aromatic rings. The molecule has 214 valence electrons. The Hall–Kier alpha value is -3.80. The number of pyridine rings is 1.